The molecule has 1 aromatic rings. The highest BCUT2D eigenvalue weighted by atomic mass is 16.5. The van der Waals surface area contributed by atoms with Crippen LogP contribution in [0.25, 0.3) is 0 Å². The molecule has 0 spiro atoms. The van der Waals surface area contributed by atoms with E-state index in [0.717, 1.165) is 18.4 Å². The highest BCUT2D eigenvalue weighted by molar-refractivity contribution is 5.90. The second-order valence-corrected chi connectivity index (χ2v) is 7.32. The molecule has 1 atom stereocenters. The zero-order valence-electron chi connectivity index (χ0n) is 15.7. The second-order valence-electron chi connectivity index (χ2n) is 7.32. The topological polar surface area (TPSA) is 65.1 Å². The normalized spacial score (nSPS) is 20.9. The van der Waals surface area contributed by atoms with Gasteiger partial charge in [0.1, 0.15) is 11.9 Å². The number of nitrogens with zero attached hydrogens (tertiary/aromatic N) is 1. The van der Waals surface area contributed by atoms with Crippen LogP contribution < -0.4 is 4.74 Å². The molecule has 3 rings (SSSR count). The van der Waals surface area contributed by atoms with Crippen LogP contribution in [-0.2, 0) is 20.8 Å². The minimum absolute atomic E-state index is 0.0208. The summed E-state index contributed by atoms with van der Waals surface area (Å²) < 4.78 is 16.4. The zero-order chi connectivity index (χ0) is 18.7. The third-order valence-corrected chi connectivity index (χ3v) is 5.15. The summed E-state index contributed by atoms with van der Waals surface area (Å²) in [6.07, 6.45) is 1.43. The molecular weight excluding hydrogens is 334 g/mol. The first-order valence-electron chi connectivity index (χ1n) is 9.24. The molecule has 2 aliphatic rings. The van der Waals surface area contributed by atoms with E-state index in [4.69, 9.17) is 14.2 Å². The summed E-state index contributed by atoms with van der Waals surface area (Å²) in [7, 11) is 1.36. The van der Waals surface area contributed by atoms with Gasteiger partial charge in [-0.25, -0.2) is 4.79 Å². The van der Waals surface area contributed by atoms with Crippen molar-refractivity contribution in [3.63, 3.8) is 0 Å². The average molecular weight is 361 g/mol. The van der Waals surface area contributed by atoms with Gasteiger partial charge in [0.25, 0.3) is 0 Å². The molecule has 2 heterocycles. The Morgan fingerprint density at radius 2 is 1.96 bits per heavy atom. The molecule has 6 nitrogen and oxygen atoms in total. The molecule has 1 amide bonds. The number of fused-ring (bicyclic) bond motifs is 1. The lowest BCUT2D eigenvalue weighted by atomic mass is 9.97. The van der Waals surface area contributed by atoms with E-state index in [-0.39, 0.29) is 23.8 Å². The van der Waals surface area contributed by atoms with Crippen molar-refractivity contribution >= 4 is 11.9 Å². The molecule has 0 aromatic heterocycles. The number of hydrogen-bond donors (Lipinski definition) is 0. The molecule has 0 unspecified atom stereocenters. The summed E-state index contributed by atoms with van der Waals surface area (Å²) >= 11 is 0. The van der Waals surface area contributed by atoms with Crippen LogP contribution in [0.2, 0.25) is 0 Å². The first kappa shape index (κ1) is 18.7. The van der Waals surface area contributed by atoms with Crippen molar-refractivity contribution in [3.05, 3.63) is 29.3 Å². The minimum atomic E-state index is -0.392. The number of ether oxygens (including phenoxy) is 3. The number of methoxy groups -OCH3 is 1. The highest BCUT2D eigenvalue weighted by Gasteiger charge is 2.32. The van der Waals surface area contributed by atoms with Gasteiger partial charge in [0.05, 0.1) is 19.2 Å². The number of carbonyl (C=O) groups is 2. The van der Waals surface area contributed by atoms with Crippen LogP contribution in [-0.4, -0.2) is 49.7 Å². The van der Waals surface area contributed by atoms with Crippen LogP contribution in [0.4, 0.5) is 0 Å². The molecule has 1 aromatic carbocycles. The van der Waals surface area contributed by atoms with Crippen LogP contribution in [0.1, 0.15) is 42.6 Å². The van der Waals surface area contributed by atoms with Gasteiger partial charge < -0.3 is 19.1 Å². The maximum Gasteiger partial charge on any atom is 0.337 e. The average Bonchev–Trinajstić information content (AvgIpc) is 2.86. The molecule has 0 bridgehead atoms. The quantitative estimate of drug-likeness (QED) is 0.775. The smallest absolute Gasteiger partial charge is 0.337 e. The van der Waals surface area contributed by atoms with Crippen LogP contribution in [0.15, 0.2) is 18.2 Å². The molecule has 0 saturated carbocycles. The molecule has 0 aliphatic carbocycles. The van der Waals surface area contributed by atoms with E-state index in [1.807, 2.05) is 11.0 Å². The largest absolute Gasteiger partial charge is 0.488 e. The Morgan fingerprint density at radius 1 is 1.23 bits per heavy atom. The predicted octanol–water partition coefficient (Wildman–Crippen LogP) is 2.65. The van der Waals surface area contributed by atoms with Gasteiger partial charge in [0.15, 0.2) is 0 Å². The van der Waals surface area contributed by atoms with E-state index < -0.39 is 5.97 Å². The van der Waals surface area contributed by atoms with E-state index >= 15 is 0 Å². The number of amides is 1. The van der Waals surface area contributed by atoms with Crippen molar-refractivity contribution in [3.8, 4) is 5.75 Å². The molecular formula is C20H27NO5. The molecule has 0 N–H and O–H groups in total. The third-order valence-electron chi connectivity index (χ3n) is 5.15. The maximum absolute atomic E-state index is 13.0. The summed E-state index contributed by atoms with van der Waals surface area (Å²) in [5, 5.41) is 0. The van der Waals surface area contributed by atoms with Crippen molar-refractivity contribution < 1.29 is 23.8 Å². The van der Waals surface area contributed by atoms with Gasteiger partial charge in [0, 0.05) is 31.2 Å². The van der Waals surface area contributed by atoms with Gasteiger partial charge in [-0.05, 0) is 30.9 Å². The zero-order valence-corrected chi connectivity index (χ0v) is 15.7. The maximum atomic E-state index is 13.0. The summed E-state index contributed by atoms with van der Waals surface area (Å²) in [5.41, 5.74) is 1.37. The molecule has 2 aliphatic heterocycles. The number of hydrogen-bond acceptors (Lipinski definition) is 5. The SMILES string of the molecule is COC(=O)c1ccc2c(c1)O[C@H](C(C)C)CN(C(=O)C1CCOCC1)C2. The van der Waals surface area contributed by atoms with Gasteiger partial charge >= 0.3 is 5.97 Å². The number of esters is 1. The first-order valence-corrected chi connectivity index (χ1v) is 9.24. The summed E-state index contributed by atoms with van der Waals surface area (Å²) in [5.74, 6) is 0.707. The van der Waals surface area contributed by atoms with Crippen LogP contribution in [0.3, 0.4) is 0 Å². The predicted molar refractivity (Wildman–Crippen MR) is 96.0 cm³/mol. The lowest BCUT2D eigenvalue weighted by Gasteiger charge is -2.30. The monoisotopic (exact) mass is 361 g/mol. The fraction of sp³-hybridized carbons (Fsp3) is 0.600. The number of rotatable bonds is 3. The second kappa shape index (κ2) is 8.08. The molecule has 142 valence electrons. The van der Waals surface area contributed by atoms with Crippen molar-refractivity contribution in [1.82, 2.24) is 4.90 Å². The van der Waals surface area contributed by atoms with Gasteiger partial charge in [-0.3, -0.25) is 4.79 Å². The Kier molecular flexibility index (Phi) is 5.81. The highest BCUT2D eigenvalue weighted by Crippen LogP contribution is 2.30. The van der Waals surface area contributed by atoms with Gasteiger partial charge in [-0.2, -0.15) is 0 Å². The fourth-order valence-corrected chi connectivity index (χ4v) is 3.44. The Morgan fingerprint density at radius 3 is 2.62 bits per heavy atom. The minimum Gasteiger partial charge on any atom is -0.488 e. The summed E-state index contributed by atoms with van der Waals surface area (Å²) in [6.45, 7) is 6.50. The van der Waals surface area contributed by atoms with Crippen LogP contribution in [0.5, 0.6) is 5.75 Å². The van der Waals surface area contributed by atoms with Crippen molar-refractivity contribution in [2.45, 2.75) is 39.3 Å². The summed E-state index contributed by atoms with van der Waals surface area (Å²) in [6, 6.07) is 5.30. The summed E-state index contributed by atoms with van der Waals surface area (Å²) in [4.78, 5) is 26.8. The molecule has 26 heavy (non-hydrogen) atoms. The molecule has 1 fully saturated rings. The van der Waals surface area contributed by atoms with E-state index in [1.54, 1.807) is 12.1 Å². The Bertz CT molecular complexity index is 666. The lowest BCUT2D eigenvalue weighted by Crippen LogP contribution is -2.43. The first-order chi connectivity index (χ1) is 12.5. The van der Waals surface area contributed by atoms with Crippen molar-refractivity contribution in [2.24, 2.45) is 11.8 Å². The van der Waals surface area contributed by atoms with Crippen molar-refractivity contribution in [1.29, 1.82) is 0 Å². The fourth-order valence-electron chi connectivity index (χ4n) is 3.44. The van der Waals surface area contributed by atoms with E-state index in [9.17, 15) is 9.59 Å². The van der Waals surface area contributed by atoms with Crippen LogP contribution in [0, 0.1) is 11.8 Å². The molecule has 6 heteroatoms. The molecule has 0 radical (unpaired) electrons. The van der Waals surface area contributed by atoms with Gasteiger partial charge in [-0.15, -0.1) is 0 Å². The van der Waals surface area contributed by atoms with Gasteiger partial charge in [-0.1, -0.05) is 19.9 Å². The lowest BCUT2D eigenvalue weighted by molar-refractivity contribution is -0.140. The number of benzene rings is 1. The molecule has 1 saturated heterocycles. The standard InChI is InChI=1S/C20H27NO5/c1-13(2)18-12-21(19(22)14-6-8-25-9-7-14)11-16-5-4-15(20(23)24-3)10-17(16)26-18/h4-5,10,13-14,18H,6-9,11-12H2,1-3H3/t18-/m0/s1. The Labute approximate surface area is 154 Å². The Balaban J connectivity index is 1.87. The Hall–Kier alpha value is -2.08. The third kappa shape index (κ3) is 4.01. The van der Waals surface area contributed by atoms with E-state index in [2.05, 4.69) is 13.8 Å². The van der Waals surface area contributed by atoms with Crippen LogP contribution >= 0.6 is 0 Å². The van der Waals surface area contributed by atoms with Gasteiger partial charge in [0.2, 0.25) is 5.91 Å². The van der Waals surface area contributed by atoms with E-state index in [0.29, 0.717) is 37.6 Å². The van der Waals surface area contributed by atoms with Crippen molar-refractivity contribution in [2.75, 3.05) is 26.9 Å². The number of carbonyl (C=O) groups excluding carboxylic acids is 2. The van der Waals surface area contributed by atoms with E-state index in [1.165, 1.54) is 7.11 Å².